The summed E-state index contributed by atoms with van der Waals surface area (Å²) in [7, 11) is 0. The van der Waals surface area contributed by atoms with Gasteiger partial charge < -0.3 is 5.32 Å². The number of hydrogen-bond donors (Lipinski definition) is 1. The summed E-state index contributed by atoms with van der Waals surface area (Å²) < 4.78 is 0. The zero-order chi connectivity index (χ0) is 16.6. The van der Waals surface area contributed by atoms with Crippen LogP contribution in [-0.4, -0.2) is 35.4 Å². The fraction of sp³-hybridized carbons (Fsp3) is 0.300. The number of amides is 1. The van der Waals surface area contributed by atoms with E-state index in [1.54, 1.807) is 24.5 Å². The third-order valence-corrected chi connectivity index (χ3v) is 4.29. The predicted octanol–water partition coefficient (Wildman–Crippen LogP) is 2.66. The molecule has 0 saturated heterocycles. The molecule has 0 atom stereocenters. The van der Waals surface area contributed by atoms with Crippen LogP contribution in [0.15, 0.2) is 54.9 Å². The van der Waals surface area contributed by atoms with Crippen molar-refractivity contribution in [2.75, 3.05) is 19.6 Å². The number of carbonyl (C=O) groups is 1. The van der Waals surface area contributed by atoms with Crippen LogP contribution in [0.2, 0.25) is 0 Å². The van der Waals surface area contributed by atoms with Crippen molar-refractivity contribution in [3.8, 4) is 0 Å². The van der Waals surface area contributed by atoms with E-state index in [-0.39, 0.29) is 5.91 Å². The molecule has 24 heavy (non-hydrogen) atoms. The van der Waals surface area contributed by atoms with Gasteiger partial charge in [0.1, 0.15) is 0 Å². The maximum Gasteiger partial charge on any atom is 0.243 e. The van der Waals surface area contributed by atoms with Gasteiger partial charge in [0.25, 0.3) is 0 Å². The molecule has 0 saturated carbocycles. The normalized spacial score (nSPS) is 14.5. The van der Waals surface area contributed by atoms with Crippen molar-refractivity contribution < 1.29 is 4.79 Å². The Kier molecular flexibility index (Phi) is 5.75. The van der Waals surface area contributed by atoms with Gasteiger partial charge in [-0.1, -0.05) is 24.3 Å². The molecule has 0 aliphatic carbocycles. The number of hydrogen-bond acceptors (Lipinski definition) is 3. The first-order valence-corrected chi connectivity index (χ1v) is 8.46. The average molecular weight is 321 g/mol. The summed E-state index contributed by atoms with van der Waals surface area (Å²) >= 11 is 0. The smallest absolute Gasteiger partial charge is 0.243 e. The first-order valence-electron chi connectivity index (χ1n) is 8.46. The summed E-state index contributed by atoms with van der Waals surface area (Å²) in [4.78, 5) is 18.2. The number of carbonyl (C=O) groups excluding carboxylic acids is 1. The first kappa shape index (κ1) is 16.4. The van der Waals surface area contributed by atoms with Crippen LogP contribution in [0.25, 0.3) is 6.08 Å². The summed E-state index contributed by atoms with van der Waals surface area (Å²) in [6.45, 7) is 3.85. The molecule has 0 spiro atoms. The molecular formula is C20H23N3O. The van der Waals surface area contributed by atoms with E-state index < -0.39 is 0 Å². The molecule has 124 valence electrons. The van der Waals surface area contributed by atoms with Crippen LogP contribution in [0.3, 0.4) is 0 Å². The second kappa shape index (κ2) is 8.41. The van der Waals surface area contributed by atoms with Gasteiger partial charge in [0.05, 0.1) is 0 Å². The van der Waals surface area contributed by atoms with E-state index in [1.165, 1.54) is 11.1 Å². The van der Waals surface area contributed by atoms with Gasteiger partial charge in [-0.25, -0.2) is 0 Å². The second-order valence-corrected chi connectivity index (χ2v) is 6.05. The summed E-state index contributed by atoms with van der Waals surface area (Å²) in [6.07, 6.45) is 8.90. The topological polar surface area (TPSA) is 45.2 Å². The SMILES string of the molecule is O=C(/C=C\c1ccncc1)NCCCN1CCc2ccccc2C1. The molecule has 1 amide bonds. The van der Waals surface area contributed by atoms with Crippen LogP contribution in [0.5, 0.6) is 0 Å². The minimum atomic E-state index is -0.0456. The highest BCUT2D eigenvalue weighted by molar-refractivity contribution is 5.91. The number of fused-ring (bicyclic) bond motifs is 1. The molecule has 1 aliphatic heterocycles. The lowest BCUT2D eigenvalue weighted by molar-refractivity contribution is -0.116. The van der Waals surface area contributed by atoms with Crippen molar-refractivity contribution in [1.29, 1.82) is 0 Å². The minimum absolute atomic E-state index is 0.0456. The van der Waals surface area contributed by atoms with E-state index in [4.69, 9.17) is 0 Å². The van der Waals surface area contributed by atoms with Crippen molar-refractivity contribution in [2.24, 2.45) is 0 Å². The molecule has 1 N–H and O–H groups in total. The van der Waals surface area contributed by atoms with Gasteiger partial charge in [0, 0.05) is 44.6 Å². The van der Waals surface area contributed by atoms with Crippen LogP contribution in [0.1, 0.15) is 23.1 Å². The lowest BCUT2D eigenvalue weighted by Gasteiger charge is -2.28. The molecule has 1 aliphatic rings. The standard InChI is InChI=1S/C20H23N3O/c24-20(7-6-17-8-12-21-13-9-17)22-11-3-14-23-15-10-18-4-1-2-5-19(18)16-23/h1-2,4-9,12-13H,3,10-11,14-16H2,(H,22,24)/b7-6-. The third kappa shape index (κ3) is 4.77. The van der Waals surface area contributed by atoms with Gasteiger partial charge in [-0.05, 0) is 47.7 Å². The van der Waals surface area contributed by atoms with Crippen molar-refractivity contribution in [3.05, 3.63) is 71.6 Å². The highest BCUT2D eigenvalue weighted by Crippen LogP contribution is 2.18. The van der Waals surface area contributed by atoms with Crippen LogP contribution < -0.4 is 5.32 Å². The van der Waals surface area contributed by atoms with E-state index in [2.05, 4.69) is 39.5 Å². The van der Waals surface area contributed by atoms with Crippen LogP contribution in [0.4, 0.5) is 0 Å². The van der Waals surface area contributed by atoms with Crippen molar-refractivity contribution in [3.63, 3.8) is 0 Å². The number of aromatic nitrogens is 1. The molecule has 4 nitrogen and oxygen atoms in total. The number of benzene rings is 1. The fourth-order valence-electron chi connectivity index (χ4n) is 2.96. The van der Waals surface area contributed by atoms with Crippen molar-refractivity contribution in [1.82, 2.24) is 15.2 Å². The molecule has 0 fully saturated rings. The van der Waals surface area contributed by atoms with Gasteiger partial charge in [-0.3, -0.25) is 14.7 Å². The molecular weight excluding hydrogens is 298 g/mol. The Balaban J connectivity index is 1.35. The molecule has 2 heterocycles. The van der Waals surface area contributed by atoms with Crippen LogP contribution in [-0.2, 0) is 17.8 Å². The second-order valence-electron chi connectivity index (χ2n) is 6.05. The average Bonchev–Trinajstić information content (AvgIpc) is 2.64. The Morgan fingerprint density at radius 2 is 1.96 bits per heavy atom. The van der Waals surface area contributed by atoms with E-state index in [0.717, 1.165) is 38.0 Å². The highest BCUT2D eigenvalue weighted by atomic mass is 16.1. The molecule has 0 radical (unpaired) electrons. The fourth-order valence-corrected chi connectivity index (χ4v) is 2.96. The van der Waals surface area contributed by atoms with Gasteiger partial charge in [0.2, 0.25) is 5.91 Å². The molecule has 4 heteroatoms. The van der Waals surface area contributed by atoms with E-state index >= 15 is 0 Å². The number of pyridine rings is 1. The Bertz CT molecular complexity index is 697. The lowest BCUT2D eigenvalue weighted by atomic mass is 10.00. The van der Waals surface area contributed by atoms with E-state index in [9.17, 15) is 4.79 Å². The van der Waals surface area contributed by atoms with Crippen molar-refractivity contribution in [2.45, 2.75) is 19.4 Å². The van der Waals surface area contributed by atoms with E-state index in [0.29, 0.717) is 6.54 Å². The van der Waals surface area contributed by atoms with Crippen molar-refractivity contribution >= 4 is 12.0 Å². The molecule has 1 aromatic carbocycles. The lowest BCUT2D eigenvalue weighted by Crippen LogP contribution is -2.33. The summed E-state index contributed by atoms with van der Waals surface area (Å²) in [5.41, 5.74) is 3.89. The molecule has 0 bridgehead atoms. The Hall–Kier alpha value is -2.46. The predicted molar refractivity (Wildman–Crippen MR) is 96.3 cm³/mol. The quantitative estimate of drug-likeness (QED) is 0.657. The van der Waals surface area contributed by atoms with Gasteiger partial charge in [0.15, 0.2) is 0 Å². The summed E-state index contributed by atoms with van der Waals surface area (Å²) in [6, 6.07) is 12.4. The zero-order valence-corrected chi connectivity index (χ0v) is 13.8. The monoisotopic (exact) mass is 321 g/mol. The molecule has 2 aromatic rings. The summed E-state index contributed by atoms with van der Waals surface area (Å²) in [5, 5.41) is 2.94. The maximum atomic E-state index is 11.8. The number of nitrogens with zero attached hydrogens (tertiary/aromatic N) is 2. The molecule has 0 unspecified atom stereocenters. The Morgan fingerprint density at radius 1 is 1.17 bits per heavy atom. The summed E-state index contributed by atoms with van der Waals surface area (Å²) in [5.74, 6) is -0.0456. The third-order valence-electron chi connectivity index (χ3n) is 4.29. The number of nitrogens with one attached hydrogen (secondary N) is 1. The zero-order valence-electron chi connectivity index (χ0n) is 13.8. The van der Waals surface area contributed by atoms with Gasteiger partial charge >= 0.3 is 0 Å². The van der Waals surface area contributed by atoms with E-state index in [1.807, 2.05) is 12.1 Å². The largest absolute Gasteiger partial charge is 0.353 e. The first-order chi connectivity index (χ1) is 11.8. The molecule has 1 aromatic heterocycles. The maximum absolute atomic E-state index is 11.8. The number of rotatable bonds is 6. The van der Waals surface area contributed by atoms with Gasteiger partial charge in [-0.2, -0.15) is 0 Å². The Morgan fingerprint density at radius 3 is 2.79 bits per heavy atom. The van der Waals surface area contributed by atoms with Gasteiger partial charge in [-0.15, -0.1) is 0 Å². The minimum Gasteiger partial charge on any atom is -0.353 e. The Labute approximate surface area is 143 Å². The van der Waals surface area contributed by atoms with Crippen LogP contribution in [0, 0.1) is 0 Å². The van der Waals surface area contributed by atoms with Crippen LogP contribution >= 0.6 is 0 Å². The molecule has 3 rings (SSSR count). The highest BCUT2D eigenvalue weighted by Gasteiger charge is 2.14.